The average Bonchev–Trinajstić information content (AvgIpc) is 2.85. The minimum atomic E-state index is -4.84. The van der Waals surface area contributed by atoms with Crippen LogP contribution < -0.4 is 14.2 Å². The number of alkyl halides is 3. The molecule has 1 heterocycles. The molecule has 28 heavy (non-hydrogen) atoms. The molecular weight excluding hydrogens is 399 g/mol. The summed E-state index contributed by atoms with van der Waals surface area (Å²) in [5.74, 6) is -0.877. The molecule has 6 nitrogen and oxygen atoms in total. The van der Waals surface area contributed by atoms with Crippen molar-refractivity contribution < 1.29 is 36.2 Å². The Kier molecular flexibility index (Phi) is 6.11. The Balaban J connectivity index is 1.61. The molecular formula is C18H21F3NO5S+. The molecule has 0 spiro atoms. The Bertz CT molecular complexity index is 824. The summed E-state index contributed by atoms with van der Waals surface area (Å²) in [6.45, 7) is 0.761. The van der Waals surface area contributed by atoms with E-state index >= 15 is 0 Å². The van der Waals surface area contributed by atoms with Crippen LogP contribution in [0.3, 0.4) is 0 Å². The van der Waals surface area contributed by atoms with Gasteiger partial charge in [0, 0.05) is 18.6 Å². The van der Waals surface area contributed by atoms with Crippen LogP contribution in [-0.2, 0) is 19.4 Å². The van der Waals surface area contributed by atoms with Gasteiger partial charge >= 0.3 is 16.6 Å². The molecule has 0 aromatic heterocycles. The van der Waals surface area contributed by atoms with Gasteiger partial charge in [-0.15, -0.1) is 4.72 Å². The molecule has 10 heteroatoms. The van der Waals surface area contributed by atoms with E-state index in [0.717, 1.165) is 0 Å². The maximum absolute atomic E-state index is 12.8. The Hall–Kier alpha value is -1.91. The van der Waals surface area contributed by atoms with E-state index in [1.54, 1.807) is 12.1 Å². The van der Waals surface area contributed by atoms with Gasteiger partial charge in [0.2, 0.25) is 10.7 Å². The van der Waals surface area contributed by atoms with Crippen LogP contribution in [-0.4, -0.2) is 35.8 Å². The van der Waals surface area contributed by atoms with Crippen molar-refractivity contribution in [1.82, 2.24) is 4.72 Å². The molecule has 2 atom stereocenters. The number of benzene rings is 1. The van der Waals surface area contributed by atoms with E-state index in [9.17, 15) is 26.7 Å². The normalized spacial score (nSPS) is 22.0. The molecule has 0 bridgehead atoms. The molecule has 0 amide bonds. The molecule has 2 aliphatic rings. The van der Waals surface area contributed by atoms with Gasteiger partial charge in [0.1, 0.15) is 13.2 Å². The largest absolute Gasteiger partial charge is 0.486 e. The highest BCUT2D eigenvalue weighted by atomic mass is 32.3. The van der Waals surface area contributed by atoms with Crippen molar-refractivity contribution in [3.63, 3.8) is 0 Å². The molecule has 0 saturated heterocycles. The first-order valence-electron chi connectivity index (χ1n) is 8.86. The summed E-state index contributed by atoms with van der Waals surface area (Å²) in [4.78, 5) is 11.3. The van der Waals surface area contributed by atoms with Crippen LogP contribution >= 0.6 is 0 Å². The van der Waals surface area contributed by atoms with Gasteiger partial charge in [-0.3, -0.25) is 4.79 Å². The summed E-state index contributed by atoms with van der Waals surface area (Å²) in [5.41, 5.74) is 0.412. The van der Waals surface area contributed by atoms with Crippen LogP contribution in [0.4, 0.5) is 13.2 Å². The highest BCUT2D eigenvalue weighted by Crippen LogP contribution is 2.34. The third-order valence-electron chi connectivity index (χ3n) is 4.63. The number of nitrogens with one attached hydrogen (secondary N) is 1. The SMILES string of the molecule is O=C(CC1=CCCC(N[S+](=O)(O)c2ccc3c(c2)OCCO3)CC1)C(F)(F)F. The number of hydrogen-bond acceptors (Lipinski definition) is 4. The minimum absolute atomic E-state index is 0.140. The van der Waals surface area contributed by atoms with Crippen LogP contribution in [0.1, 0.15) is 32.1 Å². The van der Waals surface area contributed by atoms with Gasteiger partial charge < -0.3 is 9.47 Å². The Morgan fingerprint density at radius 3 is 2.64 bits per heavy atom. The number of ether oxygens (including phenoxy) is 2. The Morgan fingerprint density at radius 2 is 1.93 bits per heavy atom. The number of rotatable bonds is 5. The lowest BCUT2D eigenvalue weighted by molar-refractivity contribution is -0.170. The molecule has 2 unspecified atom stereocenters. The maximum atomic E-state index is 12.8. The number of halogens is 3. The monoisotopic (exact) mass is 420 g/mol. The zero-order valence-corrected chi connectivity index (χ0v) is 15.8. The second-order valence-corrected chi connectivity index (χ2v) is 8.48. The molecule has 0 fully saturated rings. The van der Waals surface area contributed by atoms with Crippen LogP contribution in [0.2, 0.25) is 0 Å². The van der Waals surface area contributed by atoms with Gasteiger partial charge in [-0.1, -0.05) is 11.6 Å². The highest BCUT2D eigenvalue weighted by Gasteiger charge is 2.39. The van der Waals surface area contributed by atoms with Crippen LogP contribution in [0.15, 0.2) is 34.7 Å². The third kappa shape index (κ3) is 5.12. The first-order valence-corrected chi connectivity index (χ1v) is 10.4. The lowest BCUT2D eigenvalue weighted by Gasteiger charge is -2.19. The zero-order valence-electron chi connectivity index (χ0n) is 15.0. The summed E-state index contributed by atoms with van der Waals surface area (Å²) in [7, 11) is -3.58. The van der Waals surface area contributed by atoms with E-state index in [4.69, 9.17) is 9.47 Å². The van der Waals surface area contributed by atoms with Gasteiger partial charge in [0.25, 0.3) is 0 Å². The highest BCUT2D eigenvalue weighted by molar-refractivity contribution is 7.95. The van der Waals surface area contributed by atoms with Crippen molar-refractivity contribution in [2.24, 2.45) is 0 Å². The number of allylic oxidation sites excluding steroid dienone is 2. The van der Waals surface area contributed by atoms with E-state index in [1.807, 2.05) is 0 Å². The lowest BCUT2D eigenvalue weighted by Crippen LogP contribution is -2.38. The predicted molar refractivity (Wildman–Crippen MR) is 95.5 cm³/mol. The fourth-order valence-electron chi connectivity index (χ4n) is 3.17. The van der Waals surface area contributed by atoms with Crippen molar-refractivity contribution in [3.8, 4) is 11.5 Å². The van der Waals surface area contributed by atoms with Gasteiger partial charge in [-0.2, -0.15) is 17.7 Å². The summed E-state index contributed by atoms with van der Waals surface area (Å²) in [6, 6.07) is 4.12. The van der Waals surface area contributed by atoms with Gasteiger partial charge in [0.05, 0.1) is 6.04 Å². The fraction of sp³-hybridized carbons (Fsp3) is 0.500. The average molecular weight is 420 g/mol. The van der Waals surface area contributed by atoms with E-state index in [0.29, 0.717) is 49.5 Å². The van der Waals surface area contributed by atoms with Crippen LogP contribution in [0, 0.1) is 0 Å². The van der Waals surface area contributed by atoms with Gasteiger partial charge in [-0.25, -0.2) is 0 Å². The van der Waals surface area contributed by atoms with Crippen LogP contribution in [0.5, 0.6) is 11.5 Å². The Morgan fingerprint density at radius 1 is 1.21 bits per heavy atom. The fourth-order valence-corrected chi connectivity index (χ4v) is 4.51. The van der Waals surface area contributed by atoms with Crippen LogP contribution in [0.25, 0.3) is 0 Å². The second kappa shape index (κ2) is 8.22. The molecule has 2 N–H and O–H groups in total. The number of fused-ring (bicyclic) bond motifs is 1. The van der Waals surface area contributed by atoms with E-state index in [-0.39, 0.29) is 17.4 Å². The van der Waals surface area contributed by atoms with Crippen molar-refractivity contribution in [1.29, 1.82) is 0 Å². The standard InChI is InChI=1S/C18H20F3NO5S/c19-18(20,21)17(23)10-12-2-1-3-13(5-4-12)22-28(24,25)14-6-7-15-16(11-14)27-9-8-26-15/h2,6-7,11,13H,1,3-5,8-10H2,(H-,22,24,25)/p+1. The summed E-state index contributed by atoms with van der Waals surface area (Å²) in [5, 5.41) is 0. The molecule has 0 saturated carbocycles. The molecule has 154 valence electrons. The second-order valence-electron chi connectivity index (χ2n) is 6.72. The smallest absolute Gasteiger partial charge is 0.450 e. The summed E-state index contributed by atoms with van der Waals surface area (Å²) >= 11 is 0. The number of Topliss-reactive ketones (excluding diaryl/α,β-unsaturated/α-hetero) is 1. The molecule has 1 aliphatic carbocycles. The Labute approximate surface area is 161 Å². The van der Waals surface area contributed by atoms with Gasteiger partial charge in [-0.05, 0) is 36.0 Å². The van der Waals surface area contributed by atoms with E-state index in [1.165, 1.54) is 12.1 Å². The minimum Gasteiger partial charge on any atom is -0.486 e. The summed E-state index contributed by atoms with van der Waals surface area (Å²) in [6.07, 6.45) is -2.36. The first kappa shape index (κ1) is 20.8. The predicted octanol–water partition coefficient (Wildman–Crippen LogP) is 3.68. The topological polar surface area (TPSA) is 84.9 Å². The molecule has 1 aromatic carbocycles. The number of hydrogen-bond donors (Lipinski definition) is 2. The third-order valence-corrected chi connectivity index (χ3v) is 6.17. The zero-order chi connectivity index (χ0) is 20.4. The number of ketones is 1. The van der Waals surface area contributed by atoms with Crippen molar-refractivity contribution in [3.05, 3.63) is 29.8 Å². The number of carbonyl (C=O) groups is 1. The van der Waals surface area contributed by atoms with Crippen molar-refractivity contribution in [2.45, 2.75) is 49.2 Å². The quantitative estimate of drug-likeness (QED) is 0.561. The van der Waals surface area contributed by atoms with Gasteiger partial charge in [0.15, 0.2) is 11.5 Å². The van der Waals surface area contributed by atoms with Crippen molar-refractivity contribution in [2.75, 3.05) is 13.2 Å². The first-order chi connectivity index (χ1) is 13.1. The van der Waals surface area contributed by atoms with E-state index in [2.05, 4.69) is 4.72 Å². The maximum Gasteiger partial charge on any atom is 0.450 e. The summed E-state index contributed by atoms with van der Waals surface area (Å²) < 4.78 is 74.0. The molecule has 1 aliphatic heterocycles. The van der Waals surface area contributed by atoms with Crippen molar-refractivity contribution >= 4 is 16.2 Å². The molecule has 0 radical (unpaired) electrons. The molecule has 3 rings (SSSR count). The lowest BCUT2D eigenvalue weighted by atomic mass is 10.0. The van der Waals surface area contributed by atoms with E-state index < -0.39 is 28.8 Å². The molecule has 1 aromatic rings. The number of carbonyl (C=O) groups excluding carboxylic acids is 1.